The highest BCUT2D eigenvalue weighted by Gasteiger charge is 2.11. The molecule has 1 amide bonds. The SMILES string of the molecule is Cc1c(Cl)cccc1NC(=O)/C(C#N)=C\Nc1cc(Br)ccn1. The molecule has 116 valence electrons. The molecule has 0 aliphatic rings. The molecular weight excluding hydrogens is 380 g/mol. The molecule has 7 heteroatoms. The Bertz CT molecular complexity index is 814. The largest absolute Gasteiger partial charge is 0.345 e. The summed E-state index contributed by atoms with van der Waals surface area (Å²) < 4.78 is 0.834. The van der Waals surface area contributed by atoms with Gasteiger partial charge in [0.25, 0.3) is 5.91 Å². The molecule has 0 unspecified atom stereocenters. The minimum absolute atomic E-state index is 0.0776. The summed E-state index contributed by atoms with van der Waals surface area (Å²) in [5, 5.41) is 15.2. The fourth-order valence-corrected chi connectivity index (χ4v) is 2.22. The molecule has 0 spiro atoms. The summed E-state index contributed by atoms with van der Waals surface area (Å²) >= 11 is 9.33. The summed E-state index contributed by atoms with van der Waals surface area (Å²) in [7, 11) is 0. The van der Waals surface area contributed by atoms with Gasteiger partial charge in [0.1, 0.15) is 17.5 Å². The van der Waals surface area contributed by atoms with Crippen molar-refractivity contribution in [3.63, 3.8) is 0 Å². The fraction of sp³-hybridized carbons (Fsp3) is 0.0625. The Labute approximate surface area is 147 Å². The first-order chi connectivity index (χ1) is 11.0. The average Bonchev–Trinajstić information content (AvgIpc) is 2.52. The van der Waals surface area contributed by atoms with Crippen LogP contribution < -0.4 is 10.6 Å². The van der Waals surface area contributed by atoms with Crippen molar-refractivity contribution in [2.24, 2.45) is 0 Å². The number of hydrogen-bond donors (Lipinski definition) is 2. The van der Waals surface area contributed by atoms with E-state index in [1.807, 2.05) is 6.07 Å². The lowest BCUT2D eigenvalue weighted by molar-refractivity contribution is -0.112. The van der Waals surface area contributed by atoms with Crippen LogP contribution in [-0.2, 0) is 4.79 Å². The molecule has 0 atom stereocenters. The van der Waals surface area contributed by atoms with Crippen LogP contribution in [-0.4, -0.2) is 10.9 Å². The van der Waals surface area contributed by atoms with E-state index in [0.717, 1.165) is 10.0 Å². The highest BCUT2D eigenvalue weighted by atomic mass is 79.9. The van der Waals surface area contributed by atoms with Crippen LogP contribution >= 0.6 is 27.5 Å². The number of halogens is 2. The number of hydrogen-bond acceptors (Lipinski definition) is 4. The smallest absolute Gasteiger partial charge is 0.267 e. The van der Waals surface area contributed by atoms with Crippen molar-refractivity contribution in [3.05, 3.63) is 63.4 Å². The van der Waals surface area contributed by atoms with Crippen molar-refractivity contribution in [2.75, 3.05) is 10.6 Å². The number of nitrogens with one attached hydrogen (secondary N) is 2. The monoisotopic (exact) mass is 390 g/mol. The van der Waals surface area contributed by atoms with E-state index in [1.165, 1.54) is 6.20 Å². The van der Waals surface area contributed by atoms with E-state index in [2.05, 4.69) is 31.5 Å². The van der Waals surface area contributed by atoms with Gasteiger partial charge >= 0.3 is 0 Å². The number of anilines is 2. The molecule has 1 aromatic carbocycles. The Morgan fingerprint density at radius 2 is 2.22 bits per heavy atom. The van der Waals surface area contributed by atoms with Crippen molar-refractivity contribution >= 4 is 44.9 Å². The minimum atomic E-state index is -0.527. The molecule has 0 bridgehead atoms. The molecule has 5 nitrogen and oxygen atoms in total. The molecule has 0 radical (unpaired) electrons. The summed E-state index contributed by atoms with van der Waals surface area (Å²) in [6.45, 7) is 1.79. The van der Waals surface area contributed by atoms with Gasteiger partial charge in [-0.15, -0.1) is 0 Å². The van der Waals surface area contributed by atoms with Crippen molar-refractivity contribution in [1.82, 2.24) is 4.98 Å². The predicted molar refractivity (Wildman–Crippen MR) is 94.1 cm³/mol. The molecule has 1 heterocycles. The first-order valence-electron chi connectivity index (χ1n) is 6.56. The number of aromatic nitrogens is 1. The van der Waals surface area contributed by atoms with Gasteiger partial charge in [0.15, 0.2) is 0 Å². The van der Waals surface area contributed by atoms with Crippen LogP contribution in [0.4, 0.5) is 11.5 Å². The number of pyridine rings is 1. The number of nitrogens with zero attached hydrogens (tertiary/aromatic N) is 2. The lowest BCUT2D eigenvalue weighted by Crippen LogP contribution is -2.15. The number of amides is 1. The fourth-order valence-electron chi connectivity index (χ4n) is 1.71. The van der Waals surface area contributed by atoms with E-state index in [4.69, 9.17) is 16.9 Å². The molecule has 1 aromatic heterocycles. The van der Waals surface area contributed by atoms with Crippen molar-refractivity contribution in [2.45, 2.75) is 6.92 Å². The van der Waals surface area contributed by atoms with Crippen molar-refractivity contribution in [3.8, 4) is 6.07 Å². The highest BCUT2D eigenvalue weighted by molar-refractivity contribution is 9.10. The van der Waals surface area contributed by atoms with Crippen LogP contribution in [0.3, 0.4) is 0 Å². The maximum atomic E-state index is 12.2. The summed E-state index contributed by atoms with van der Waals surface area (Å²) in [6, 6.07) is 10.5. The van der Waals surface area contributed by atoms with Gasteiger partial charge in [-0.2, -0.15) is 5.26 Å². The molecule has 0 saturated carbocycles. The van der Waals surface area contributed by atoms with Crippen LogP contribution in [0.2, 0.25) is 5.02 Å². The maximum Gasteiger partial charge on any atom is 0.267 e. The van der Waals surface area contributed by atoms with Crippen LogP contribution in [0.5, 0.6) is 0 Å². The zero-order chi connectivity index (χ0) is 16.8. The molecule has 2 rings (SSSR count). The predicted octanol–water partition coefficient (Wildman–Crippen LogP) is 4.26. The van der Waals surface area contributed by atoms with Crippen LogP contribution in [0, 0.1) is 18.3 Å². The van der Waals surface area contributed by atoms with Gasteiger partial charge in [-0.1, -0.05) is 33.6 Å². The Hall–Kier alpha value is -2.36. The Morgan fingerprint density at radius 3 is 2.91 bits per heavy atom. The maximum absolute atomic E-state index is 12.2. The number of nitriles is 1. The molecule has 2 aromatic rings. The van der Waals surface area contributed by atoms with Gasteiger partial charge in [0.05, 0.1) is 0 Å². The summed E-state index contributed by atoms with van der Waals surface area (Å²) in [5.74, 6) is -0.0146. The van der Waals surface area contributed by atoms with Gasteiger partial charge in [0.2, 0.25) is 0 Å². The first kappa shape index (κ1) is 17.0. The molecule has 0 aliphatic heterocycles. The number of rotatable bonds is 4. The number of carbonyl (C=O) groups is 1. The highest BCUT2D eigenvalue weighted by Crippen LogP contribution is 2.23. The van der Waals surface area contributed by atoms with E-state index < -0.39 is 5.91 Å². The Balaban J connectivity index is 2.14. The van der Waals surface area contributed by atoms with Crippen molar-refractivity contribution < 1.29 is 4.79 Å². The average molecular weight is 392 g/mol. The van der Waals surface area contributed by atoms with E-state index in [-0.39, 0.29) is 5.57 Å². The summed E-state index contributed by atoms with van der Waals surface area (Å²) in [4.78, 5) is 16.3. The van der Waals surface area contributed by atoms with Crippen LogP contribution in [0.1, 0.15) is 5.56 Å². The van der Waals surface area contributed by atoms with Crippen molar-refractivity contribution in [1.29, 1.82) is 5.26 Å². The van der Waals surface area contributed by atoms with Gasteiger partial charge in [0, 0.05) is 27.6 Å². The third-order valence-corrected chi connectivity index (χ3v) is 3.87. The lowest BCUT2D eigenvalue weighted by Gasteiger charge is -2.09. The third-order valence-electron chi connectivity index (χ3n) is 2.97. The second-order valence-electron chi connectivity index (χ2n) is 4.54. The van der Waals surface area contributed by atoms with E-state index >= 15 is 0 Å². The molecule has 2 N–H and O–H groups in total. The summed E-state index contributed by atoms with van der Waals surface area (Å²) in [5.41, 5.74) is 1.22. The first-order valence-corrected chi connectivity index (χ1v) is 7.73. The van der Waals surface area contributed by atoms with Crippen LogP contribution in [0.25, 0.3) is 0 Å². The van der Waals surface area contributed by atoms with Gasteiger partial charge < -0.3 is 10.6 Å². The topological polar surface area (TPSA) is 77.8 Å². The van der Waals surface area contributed by atoms with E-state index in [9.17, 15) is 4.79 Å². The quantitative estimate of drug-likeness (QED) is 0.603. The Morgan fingerprint density at radius 1 is 1.43 bits per heavy atom. The third kappa shape index (κ3) is 4.55. The van der Waals surface area contributed by atoms with Gasteiger partial charge in [-0.05, 0) is 36.8 Å². The lowest BCUT2D eigenvalue weighted by atomic mass is 10.2. The van der Waals surface area contributed by atoms with Gasteiger partial charge in [-0.25, -0.2) is 4.98 Å². The summed E-state index contributed by atoms with van der Waals surface area (Å²) in [6.07, 6.45) is 2.91. The molecule has 23 heavy (non-hydrogen) atoms. The number of carbonyl (C=O) groups excluding carboxylic acids is 1. The normalized spacial score (nSPS) is 10.8. The molecular formula is C16H12BrClN4O. The number of benzene rings is 1. The zero-order valence-corrected chi connectivity index (χ0v) is 14.4. The molecule has 0 fully saturated rings. The van der Waals surface area contributed by atoms with E-state index in [0.29, 0.717) is 16.5 Å². The standard InChI is InChI=1S/C16H12BrClN4O/c1-10-13(18)3-2-4-14(10)22-16(23)11(8-19)9-21-15-7-12(17)5-6-20-15/h2-7,9H,1H3,(H,20,21)(H,22,23)/b11-9-. The minimum Gasteiger partial charge on any atom is -0.345 e. The molecule has 0 saturated heterocycles. The van der Waals surface area contributed by atoms with Gasteiger partial charge in [-0.3, -0.25) is 4.79 Å². The second kappa shape index (κ2) is 7.77. The molecule has 0 aliphatic carbocycles. The Kier molecular flexibility index (Phi) is 5.74. The zero-order valence-electron chi connectivity index (χ0n) is 12.1. The van der Waals surface area contributed by atoms with Crippen LogP contribution in [0.15, 0.2) is 52.8 Å². The van der Waals surface area contributed by atoms with E-state index in [1.54, 1.807) is 43.5 Å². The second-order valence-corrected chi connectivity index (χ2v) is 5.86.